The van der Waals surface area contributed by atoms with Crippen LogP contribution >= 0.6 is 12.2 Å². The summed E-state index contributed by atoms with van der Waals surface area (Å²) < 4.78 is 24.6. The molecule has 0 aliphatic carbocycles. The van der Waals surface area contributed by atoms with E-state index < -0.39 is 0 Å². The van der Waals surface area contributed by atoms with E-state index in [1.165, 1.54) is 17.7 Å². The monoisotopic (exact) mass is 480 g/mol. The standard InChI is InChI=1S/C26H29FN4O2S/c1-4-18-7-9-19(10-8-18)23-22(17(3)31(26(34)28-23)15-6-16-32-5-2)25-29-24(30-33-25)20-11-13-21(27)14-12-20/h7-14,23H,4-6,15-16H2,1-3H3,(H,28,34). The van der Waals surface area contributed by atoms with Gasteiger partial charge in [0.2, 0.25) is 5.82 Å². The quantitative estimate of drug-likeness (QED) is 0.319. The molecule has 6 nitrogen and oxygen atoms in total. The Bertz CT molecular complexity index is 1160. The van der Waals surface area contributed by atoms with Crippen molar-refractivity contribution in [2.24, 2.45) is 0 Å². The van der Waals surface area contributed by atoms with E-state index in [1.54, 1.807) is 12.1 Å². The highest BCUT2D eigenvalue weighted by Crippen LogP contribution is 2.37. The van der Waals surface area contributed by atoms with E-state index in [4.69, 9.17) is 21.5 Å². The number of aromatic nitrogens is 2. The van der Waals surface area contributed by atoms with Crippen molar-refractivity contribution in [2.75, 3.05) is 19.8 Å². The largest absolute Gasteiger partial charge is 0.382 e. The zero-order chi connectivity index (χ0) is 24.1. The van der Waals surface area contributed by atoms with Crippen molar-refractivity contribution in [1.82, 2.24) is 20.4 Å². The Balaban J connectivity index is 1.72. The number of nitrogens with zero attached hydrogens (tertiary/aromatic N) is 3. The molecule has 0 saturated heterocycles. The summed E-state index contributed by atoms with van der Waals surface area (Å²) in [6.45, 7) is 8.20. The molecule has 1 aliphatic heterocycles. The third-order valence-corrected chi connectivity index (χ3v) is 6.29. The van der Waals surface area contributed by atoms with E-state index in [9.17, 15) is 4.39 Å². The van der Waals surface area contributed by atoms with Gasteiger partial charge >= 0.3 is 0 Å². The Morgan fingerprint density at radius 1 is 1.12 bits per heavy atom. The van der Waals surface area contributed by atoms with Crippen molar-refractivity contribution in [2.45, 2.75) is 39.7 Å². The summed E-state index contributed by atoms with van der Waals surface area (Å²) in [7, 11) is 0. The molecular weight excluding hydrogens is 451 g/mol. The van der Waals surface area contributed by atoms with Crippen LogP contribution in [-0.2, 0) is 11.2 Å². The van der Waals surface area contributed by atoms with Gasteiger partial charge in [0, 0.05) is 31.0 Å². The average molecular weight is 481 g/mol. The lowest BCUT2D eigenvalue weighted by Crippen LogP contribution is -2.46. The van der Waals surface area contributed by atoms with Gasteiger partial charge in [-0.25, -0.2) is 4.39 Å². The van der Waals surface area contributed by atoms with Crippen LogP contribution in [-0.4, -0.2) is 39.9 Å². The van der Waals surface area contributed by atoms with Crippen molar-refractivity contribution in [3.63, 3.8) is 0 Å². The summed E-state index contributed by atoms with van der Waals surface area (Å²) in [5.74, 6) is 0.506. The molecule has 34 heavy (non-hydrogen) atoms. The SMILES string of the molecule is CCOCCCN1C(=S)NC(c2ccc(CC)cc2)C(c2nc(-c3ccc(F)cc3)no2)=C1C. The van der Waals surface area contributed by atoms with E-state index in [-0.39, 0.29) is 11.9 Å². The lowest BCUT2D eigenvalue weighted by molar-refractivity contribution is 0.141. The Kier molecular flexibility index (Phi) is 7.70. The van der Waals surface area contributed by atoms with Crippen LogP contribution in [0, 0.1) is 5.82 Å². The maximum atomic E-state index is 13.4. The van der Waals surface area contributed by atoms with Gasteiger partial charge in [-0.1, -0.05) is 36.3 Å². The predicted octanol–water partition coefficient (Wildman–Crippen LogP) is 5.53. The Morgan fingerprint density at radius 2 is 1.85 bits per heavy atom. The molecular formula is C26H29FN4O2S. The summed E-state index contributed by atoms with van der Waals surface area (Å²) in [5, 5.41) is 8.30. The number of rotatable bonds is 9. The van der Waals surface area contributed by atoms with Crippen molar-refractivity contribution in [3.8, 4) is 11.4 Å². The van der Waals surface area contributed by atoms with Gasteiger partial charge in [-0.3, -0.25) is 0 Å². The van der Waals surface area contributed by atoms with Gasteiger partial charge < -0.3 is 19.5 Å². The van der Waals surface area contributed by atoms with Gasteiger partial charge in [0.15, 0.2) is 5.11 Å². The van der Waals surface area contributed by atoms with Crippen LogP contribution in [0.3, 0.4) is 0 Å². The topological polar surface area (TPSA) is 63.4 Å². The van der Waals surface area contributed by atoms with Gasteiger partial charge in [-0.2, -0.15) is 4.98 Å². The number of nitrogens with one attached hydrogen (secondary N) is 1. The number of thiocarbonyl (C=S) groups is 1. The molecule has 1 atom stereocenters. The summed E-state index contributed by atoms with van der Waals surface area (Å²) in [6, 6.07) is 14.3. The zero-order valence-corrected chi connectivity index (χ0v) is 20.5. The first kappa shape index (κ1) is 24.0. The fourth-order valence-corrected chi connectivity index (χ4v) is 4.39. The molecule has 1 aromatic heterocycles. The number of hydrogen-bond donors (Lipinski definition) is 1. The van der Waals surface area contributed by atoms with Crippen LogP contribution in [0.1, 0.15) is 50.3 Å². The van der Waals surface area contributed by atoms with Gasteiger partial charge in [0.1, 0.15) is 5.82 Å². The predicted molar refractivity (Wildman–Crippen MR) is 134 cm³/mol. The summed E-state index contributed by atoms with van der Waals surface area (Å²) in [6.07, 6.45) is 1.80. The van der Waals surface area contributed by atoms with Crippen LogP contribution < -0.4 is 5.32 Å². The Morgan fingerprint density at radius 3 is 2.53 bits per heavy atom. The molecule has 0 radical (unpaired) electrons. The van der Waals surface area contributed by atoms with E-state index in [2.05, 4.69) is 51.5 Å². The summed E-state index contributed by atoms with van der Waals surface area (Å²) >= 11 is 5.74. The first-order chi connectivity index (χ1) is 16.5. The van der Waals surface area contributed by atoms with E-state index in [0.717, 1.165) is 29.7 Å². The zero-order valence-electron chi connectivity index (χ0n) is 19.7. The van der Waals surface area contributed by atoms with E-state index >= 15 is 0 Å². The third-order valence-electron chi connectivity index (χ3n) is 5.95. The molecule has 1 aliphatic rings. The minimum Gasteiger partial charge on any atom is -0.382 e. The molecule has 3 aromatic rings. The van der Waals surface area contributed by atoms with Crippen molar-refractivity contribution >= 4 is 22.9 Å². The molecule has 178 valence electrons. The van der Waals surface area contributed by atoms with E-state index in [1.807, 2.05) is 13.8 Å². The lowest BCUT2D eigenvalue weighted by atomic mass is 9.94. The van der Waals surface area contributed by atoms with Crippen LogP contribution in [0.2, 0.25) is 0 Å². The second-order valence-electron chi connectivity index (χ2n) is 8.11. The number of allylic oxidation sites excluding steroid dienone is 1. The molecule has 1 unspecified atom stereocenters. The Labute approximate surface area is 204 Å². The number of aryl methyl sites for hydroxylation is 1. The normalized spacial score (nSPS) is 16.2. The molecule has 0 spiro atoms. The van der Waals surface area contributed by atoms with Crippen molar-refractivity contribution < 1.29 is 13.7 Å². The highest BCUT2D eigenvalue weighted by Gasteiger charge is 2.33. The number of hydrogen-bond acceptors (Lipinski definition) is 5. The van der Waals surface area contributed by atoms with Crippen LogP contribution in [0.4, 0.5) is 4.39 Å². The van der Waals surface area contributed by atoms with Gasteiger partial charge in [0.25, 0.3) is 5.89 Å². The van der Waals surface area contributed by atoms with Crippen molar-refractivity contribution in [1.29, 1.82) is 0 Å². The summed E-state index contributed by atoms with van der Waals surface area (Å²) in [5.41, 5.74) is 4.84. The third kappa shape index (κ3) is 5.18. The fraction of sp³-hybridized carbons (Fsp3) is 0.346. The van der Waals surface area contributed by atoms with Gasteiger partial charge in [0.05, 0.1) is 11.6 Å². The highest BCUT2D eigenvalue weighted by molar-refractivity contribution is 7.80. The smallest absolute Gasteiger partial charge is 0.258 e. The number of benzene rings is 2. The first-order valence-corrected chi connectivity index (χ1v) is 12.0. The van der Waals surface area contributed by atoms with Crippen LogP contribution in [0.15, 0.2) is 58.8 Å². The molecule has 2 heterocycles. The van der Waals surface area contributed by atoms with E-state index in [0.29, 0.717) is 42.1 Å². The molecule has 0 fully saturated rings. The number of halogens is 1. The molecule has 4 rings (SSSR count). The molecule has 8 heteroatoms. The fourth-order valence-electron chi connectivity index (χ4n) is 4.04. The molecule has 0 amide bonds. The maximum Gasteiger partial charge on any atom is 0.258 e. The molecule has 1 N–H and O–H groups in total. The lowest BCUT2D eigenvalue weighted by Gasteiger charge is -2.37. The van der Waals surface area contributed by atoms with Crippen LogP contribution in [0.25, 0.3) is 17.0 Å². The second-order valence-corrected chi connectivity index (χ2v) is 8.50. The first-order valence-electron chi connectivity index (χ1n) is 11.6. The second kappa shape index (κ2) is 10.9. The average Bonchev–Trinajstić information content (AvgIpc) is 3.33. The summed E-state index contributed by atoms with van der Waals surface area (Å²) in [4.78, 5) is 6.73. The Hall–Kier alpha value is -3.10. The molecule has 2 aromatic carbocycles. The number of ether oxygens (including phenoxy) is 1. The minimum absolute atomic E-state index is 0.233. The van der Waals surface area contributed by atoms with Gasteiger partial charge in [-0.05, 0) is 74.3 Å². The van der Waals surface area contributed by atoms with Crippen molar-refractivity contribution in [3.05, 3.63) is 77.1 Å². The molecule has 0 bridgehead atoms. The highest BCUT2D eigenvalue weighted by atomic mass is 32.1. The maximum absolute atomic E-state index is 13.4. The van der Waals surface area contributed by atoms with Crippen LogP contribution in [0.5, 0.6) is 0 Å². The van der Waals surface area contributed by atoms with Gasteiger partial charge in [-0.15, -0.1) is 0 Å². The molecule has 0 saturated carbocycles. The minimum atomic E-state index is -0.311.